The van der Waals surface area contributed by atoms with Crippen LogP contribution in [0.3, 0.4) is 0 Å². The fraction of sp³-hybridized carbons (Fsp3) is 0.100. The Balaban J connectivity index is 2.21. The lowest BCUT2D eigenvalue weighted by atomic mass is 10.2. The van der Waals surface area contributed by atoms with Crippen molar-refractivity contribution in [2.24, 2.45) is 0 Å². The Morgan fingerprint density at radius 2 is 2.35 bits per heavy atom. The second-order valence-electron chi connectivity index (χ2n) is 3.37. The molecule has 7 heteroatoms. The van der Waals surface area contributed by atoms with Crippen LogP contribution in [0.15, 0.2) is 24.3 Å². The highest BCUT2D eigenvalue weighted by atomic mass is 19.1. The lowest BCUT2D eigenvalue weighted by Crippen LogP contribution is -2.07. The first-order chi connectivity index (χ1) is 8.20. The number of nitrogens with zero attached hydrogens (tertiary/aromatic N) is 3. The molecule has 1 aromatic heterocycles. The van der Waals surface area contributed by atoms with E-state index in [-0.39, 0.29) is 24.0 Å². The van der Waals surface area contributed by atoms with Crippen LogP contribution < -0.4 is 11.1 Å². The lowest BCUT2D eigenvalue weighted by molar-refractivity contribution is -0.105. The van der Waals surface area contributed by atoms with Gasteiger partial charge in [0.2, 0.25) is 6.41 Å². The minimum Gasteiger partial charge on any atom is -0.381 e. The van der Waals surface area contributed by atoms with Crippen molar-refractivity contribution in [2.45, 2.75) is 6.54 Å². The Kier molecular flexibility index (Phi) is 2.99. The summed E-state index contributed by atoms with van der Waals surface area (Å²) in [6.07, 6.45) is 0.465. The molecule has 0 saturated carbocycles. The largest absolute Gasteiger partial charge is 0.381 e. The van der Waals surface area contributed by atoms with E-state index in [1.807, 2.05) is 0 Å². The Morgan fingerprint density at radius 1 is 1.53 bits per heavy atom. The van der Waals surface area contributed by atoms with Gasteiger partial charge >= 0.3 is 0 Å². The quantitative estimate of drug-likeness (QED) is 0.760. The summed E-state index contributed by atoms with van der Waals surface area (Å²) in [7, 11) is 0. The van der Waals surface area contributed by atoms with Gasteiger partial charge in [-0.3, -0.25) is 4.79 Å². The third-order valence-corrected chi connectivity index (χ3v) is 2.19. The van der Waals surface area contributed by atoms with E-state index in [0.717, 1.165) is 0 Å². The van der Waals surface area contributed by atoms with Crippen molar-refractivity contribution >= 4 is 18.0 Å². The Bertz CT molecular complexity index is 539. The molecule has 1 aromatic carbocycles. The topological polar surface area (TPSA) is 85.8 Å². The number of amides is 1. The van der Waals surface area contributed by atoms with Crippen LogP contribution in [0.1, 0.15) is 5.56 Å². The van der Waals surface area contributed by atoms with Crippen LogP contribution in [0, 0.1) is 5.82 Å². The first kappa shape index (κ1) is 11.1. The molecule has 0 bridgehead atoms. The van der Waals surface area contributed by atoms with Crippen molar-refractivity contribution in [2.75, 3.05) is 11.1 Å². The monoisotopic (exact) mass is 235 g/mol. The van der Waals surface area contributed by atoms with Crippen molar-refractivity contribution < 1.29 is 9.18 Å². The molecule has 88 valence electrons. The number of hydrogen-bond acceptors (Lipinski definition) is 4. The van der Waals surface area contributed by atoms with Crippen LogP contribution in [-0.2, 0) is 11.3 Å². The SMILES string of the molecule is Nc1c(NC=O)nnn1Cc1cccc(F)c1. The summed E-state index contributed by atoms with van der Waals surface area (Å²) < 4.78 is 14.3. The van der Waals surface area contributed by atoms with Crippen LogP contribution in [0.4, 0.5) is 16.0 Å². The zero-order valence-electron chi connectivity index (χ0n) is 8.80. The molecule has 0 aliphatic heterocycles. The molecule has 0 aliphatic rings. The van der Waals surface area contributed by atoms with E-state index in [0.29, 0.717) is 12.0 Å². The van der Waals surface area contributed by atoms with Gasteiger partial charge in [0, 0.05) is 0 Å². The number of nitrogen functional groups attached to an aromatic ring is 1. The van der Waals surface area contributed by atoms with Crippen molar-refractivity contribution in [1.29, 1.82) is 0 Å². The van der Waals surface area contributed by atoms with Crippen molar-refractivity contribution in [3.05, 3.63) is 35.6 Å². The fourth-order valence-electron chi connectivity index (χ4n) is 1.40. The third kappa shape index (κ3) is 2.39. The first-order valence-corrected chi connectivity index (χ1v) is 4.84. The zero-order chi connectivity index (χ0) is 12.3. The van der Waals surface area contributed by atoms with Gasteiger partial charge in [0.15, 0.2) is 11.6 Å². The molecule has 2 aromatic rings. The van der Waals surface area contributed by atoms with Crippen LogP contribution in [0.5, 0.6) is 0 Å². The molecule has 1 heterocycles. The van der Waals surface area contributed by atoms with E-state index >= 15 is 0 Å². The van der Waals surface area contributed by atoms with Gasteiger partial charge in [0.1, 0.15) is 5.82 Å². The van der Waals surface area contributed by atoms with Gasteiger partial charge in [0.25, 0.3) is 0 Å². The van der Waals surface area contributed by atoms with Crippen molar-refractivity contribution in [1.82, 2.24) is 15.0 Å². The van der Waals surface area contributed by atoms with Crippen LogP contribution in [0.2, 0.25) is 0 Å². The molecule has 3 N–H and O–H groups in total. The molecular formula is C10H10FN5O. The van der Waals surface area contributed by atoms with Gasteiger partial charge in [-0.2, -0.15) is 0 Å². The highest BCUT2D eigenvalue weighted by molar-refractivity contribution is 5.74. The van der Waals surface area contributed by atoms with Crippen LogP contribution in [0.25, 0.3) is 0 Å². The Labute approximate surface area is 96.2 Å². The first-order valence-electron chi connectivity index (χ1n) is 4.84. The predicted molar refractivity (Wildman–Crippen MR) is 59.6 cm³/mol. The maximum Gasteiger partial charge on any atom is 0.212 e. The second kappa shape index (κ2) is 4.60. The number of rotatable bonds is 4. The molecule has 0 atom stereocenters. The average Bonchev–Trinajstić information content (AvgIpc) is 2.62. The van der Waals surface area contributed by atoms with Crippen molar-refractivity contribution in [3.63, 3.8) is 0 Å². The number of anilines is 2. The highest BCUT2D eigenvalue weighted by Crippen LogP contribution is 2.14. The molecular weight excluding hydrogens is 225 g/mol. The summed E-state index contributed by atoms with van der Waals surface area (Å²) >= 11 is 0. The van der Waals surface area contributed by atoms with Gasteiger partial charge in [-0.05, 0) is 17.7 Å². The Hall–Kier alpha value is -2.44. The minimum atomic E-state index is -0.326. The molecule has 2 rings (SSSR count). The number of carbonyl (C=O) groups is 1. The minimum absolute atomic E-state index is 0.191. The van der Waals surface area contributed by atoms with E-state index in [1.54, 1.807) is 12.1 Å². The van der Waals surface area contributed by atoms with E-state index in [1.165, 1.54) is 16.8 Å². The van der Waals surface area contributed by atoms with E-state index in [2.05, 4.69) is 15.6 Å². The van der Waals surface area contributed by atoms with Gasteiger partial charge in [-0.1, -0.05) is 17.3 Å². The molecule has 0 saturated heterocycles. The summed E-state index contributed by atoms with van der Waals surface area (Å²) in [6, 6.07) is 6.08. The summed E-state index contributed by atoms with van der Waals surface area (Å²) in [6.45, 7) is 0.289. The molecule has 1 amide bonds. The summed E-state index contributed by atoms with van der Waals surface area (Å²) in [4.78, 5) is 10.2. The fourth-order valence-corrected chi connectivity index (χ4v) is 1.40. The third-order valence-electron chi connectivity index (χ3n) is 2.19. The van der Waals surface area contributed by atoms with Crippen LogP contribution >= 0.6 is 0 Å². The molecule has 0 aliphatic carbocycles. The molecule has 0 spiro atoms. The molecule has 0 radical (unpaired) electrons. The van der Waals surface area contributed by atoms with Gasteiger partial charge in [-0.25, -0.2) is 9.07 Å². The number of nitrogens with one attached hydrogen (secondary N) is 1. The molecule has 6 nitrogen and oxygen atoms in total. The predicted octanol–water partition coefficient (Wildman–Crippen LogP) is 0.616. The maximum absolute atomic E-state index is 13.0. The molecule has 0 unspecified atom stereocenters. The average molecular weight is 235 g/mol. The second-order valence-corrected chi connectivity index (χ2v) is 3.37. The number of carbonyl (C=O) groups excluding carboxylic acids is 1. The zero-order valence-corrected chi connectivity index (χ0v) is 8.80. The van der Waals surface area contributed by atoms with Gasteiger partial charge in [-0.15, -0.1) is 5.10 Å². The Morgan fingerprint density at radius 3 is 3.06 bits per heavy atom. The number of nitrogens with two attached hydrogens (primary N) is 1. The summed E-state index contributed by atoms with van der Waals surface area (Å²) in [5.74, 6) is 0.0881. The highest BCUT2D eigenvalue weighted by Gasteiger charge is 2.09. The number of hydrogen-bond donors (Lipinski definition) is 2. The summed E-state index contributed by atoms with van der Waals surface area (Å²) in [5.41, 5.74) is 6.41. The van der Waals surface area contributed by atoms with Crippen LogP contribution in [-0.4, -0.2) is 21.4 Å². The standard InChI is InChI=1S/C10H10FN5O/c11-8-3-1-2-7(4-8)5-16-9(12)10(13-6-17)14-15-16/h1-4,6H,5,12H2,(H,13,17). The van der Waals surface area contributed by atoms with Crippen molar-refractivity contribution in [3.8, 4) is 0 Å². The number of halogens is 1. The summed E-state index contributed by atoms with van der Waals surface area (Å²) in [5, 5.41) is 9.75. The number of aromatic nitrogens is 3. The maximum atomic E-state index is 13.0. The van der Waals surface area contributed by atoms with Gasteiger partial charge in [0.05, 0.1) is 6.54 Å². The smallest absolute Gasteiger partial charge is 0.212 e. The molecule has 17 heavy (non-hydrogen) atoms. The van der Waals surface area contributed by atoms with E-state index in [9.17, 15) is 9.18 Å². The number of benzene rings is 1. The van der Waals surface area contributed by atoms with E-state index in [4.69, 9.17) is 5.73 Å². The molecule has 0 fully saturated rings. The van der Waals surface area contributed by atoms with E-state index < -0.39 is 0 Å². The normalized spacial score (nSPS) is 10.2. The lowest BCUT2D eigenvalue weighted by Gasteiger charge is -2.03. The van der Waals surface area contributed by atoms with Gasteiger partial charge < -0.3 is 11.1 Å².